The van der Waals surface area contributed by atoms with Crippen molar-refractivity contribution in [2.24, 2.45) is 0 Å². The zero-order valence-corrected chi connectivity index (χ0v) is 5.16. The molecule has 4 heteroatoms. The Kier molecular flexibility index (Phi) is 2.53. The molecule has 1 atom stereocenters. The smallest absolute Gasteiger partial charge is 0.299 e. The quantitative estimate of drug-likeness (QED) is 0.520. The first-order valence-electron chi connectivity index (χ1n) is 1.81. The van der Waals surface area contributed by atoms with E-state index in [-0.39, 0.29) is 0 Å². The lowest BCUT2D eigenvalue weighted by Crippen LogP contribution is -2.10. The summed E-state index contributed by atoms with van der Waals surface area (Å²) < 4.78 is 10.1. The highest BCUT2D eigenvalue weighted by molar-refractivity contribution is 7.62. The van der Waals surface area contributed by atoms with Gasteiger partial charge in [-0.2, -0.15) is 0 Å². The zero-order valence-electron chi connectivity index (χ0n) is 4.26. The van der Waals surface area contributed by atoms with Gasteiger partial charge >= 0.3 is 0 Å². The van der Waals surface area contributed by atoms with Gasteiger partial charge in [-0.1, -0.05) is 0 Å². The Balaban J connectivity index is 3.58. The van der Waals surface area contributed by atoms with Gasteiger partial charge in [0.15, 0.2) is 7.80 Å². The monoisotopic (exact) mass is 120 g/mol. The van der Waals surface area contributed by atoms with Gasteiger partial charge in [0.2, 0.25) is 0 Å². The van der Waals surface area contributed by atoms with Crippen molar-refractivity contribution in [3.8, 4) is 0 Å². The van der Waals surface area contributed by atoms with Crippen molar-refractivity contribution in [3.05, 3.63) is 0 Å². The molecule has 1 N–H and O–H groups in total. The van der Waals surface area contributed by atoms with Crippen molar-refractivity contribution in [1.29, 1.82) is 0 Å². The van der Waals surface area contributed by atoms with E-state index in [1.165, 1.54) is 13.7 Å². The van der Waals surface area contributed by atoms with Gasteiger partial charge in [-0.05, 0) is 0 Å². The zero-order chi connectivity index (χ0) is 5.86. The summed E-state index contributed by atoms with van der Waals surface area (Å²) in [5.74, 6) is 0. The third-order valence-electron chi connectivity index (χ3n) is 0.500. The number of amides is 1. The summed E-state index contributed by atoms with van der Waals surface area (Å²) in [5.41, 5.74) is -0.394. The van der Waals surface area contributed by atoms with Crippen LogP contribution in [-0.4, -0.2) is 19.4 Å². The van der Waals surface area contributed by atoms with Crippen LogP contribution in [0.4, 0.5) is 4.79 Å². The molecule has 0 aliphatic rings. The van der Waals surface area contributed by atoms with E-state index in [0.29, 0.717) is 0 Å². The van der Waals surface area contributed by atoms with Gasteiger partial charge in [-0.3, -0.25) is 9.36 Å². The average Bonchev–Trinajstić information content (AvgIpc) is 1.65. The molecule has 0 fully saturated rings. The molecule has 0 saturated heterocycles. The highest BCUT2D eigenvalue weighted by Gasteiger charge is 1.99. The number of hydrogen-bond donors (Lipinski definition) is 1. The van der Waals surface area contributed by atoms with Crippen molar-refractivity contribution in [3.63, 3.8) is 0 Å². The Bertz CT molecular complexity index is 101. The molecular weight excluding hydrogens is 113 g/mol. The predicted octanol–water partition coefficient (Wildman–Crippen LogP) is 0.783. The number of carbonyl (C=O) groups excluding carboxylic acids is 1. The Hall–Kier alpha value is -0.430. The normalized spacial score (nSPS) is 10.3. The van der Waals surface area contributed by atoms with Crippen molar-refractivity contribution < 1.29 is 9.36 Å². The summed E-state index contributed by atoms with van der Waals surface area (Å²) in [4.78, 5) is 10.1. The Morgan fingerprint density at radius 2 is 2.14 bits per heavy atom. The second kappa shape index (κ2) is 2.69. The fourth-order valence-corrected chi connectivity index (χ4v) is 0.472. The first-order valence-corrected chi connectivity index (χ1v) is 3.51. The van der Waals surface area contributed by atoms with Crippen LogP contribution < -0.4 is 5.32 Å². The van der Waals surface area contributed by atoms with Gasteiger partial charge in [0.25, 0.3) is 5.65 Å². The maximum Gasteiger partial charge on any atom is 0.299 e. The van der Waals surface area contributed by atoms with E-state index in [1.807, 2.05) is 0 Å². The summed E-state index contributed by atoms with van der Waals surface area (Å²) in [6.07, 6.45) is 0. The van der Waals surface area contributed by atoms with Gasteiger partial charge in [0.1, 0.15) is 0 Å². The largest absolute Gasteiger partial charge is 0.350 e. The first kappa shape index (κ1) is 6.57. The lowest BCUT2D eigenvalue weighted by molar-refractivity contribution is 0.261. The van der Waals surface area contributed by atoms with E-state index in [2.05, 4.69) is 5.32 Å². The second-order valence-corrected chi connectivity index (χ2v) is 2.45. The molecule has 0 rings (SSSR count). The molecule has 0 heterocycles. The van der Waals surface area contributed by atoms with Crippen LogP contribution in [0.5, 0.6) is 0 Å². The topological polar surface area (TPSA) is 46.2 Å². The van der Waals surface area contributed by atoms with Crippen molar-refractivity contribution in [2.45, 2.75) is 0 Å². The molecule has 3 nitrogen and oxygen atoms in total. The van der Waals surface area contributed by atoms with E-state index in [0.717, 1.165) is 0 Å². The lowest BCUT2D eigenvalue weighted by atomic mass is 11.2. The lowest BCUT2D eigenvalue weighted by Gasteiger charge is -1.87. The minimum Gasteiger partial charge on any atom is -0.350 e. The van der Waals surface area contributed by atoms with Crippen LogP contribution >= 0.6 is 7.80 Å². The number of carbonyl (C=O) groups is 1. The Morgan fingerprint density at radius 1 is 1.71 bits per heavy atom. The molecule has 0 spiro atoms. The van der Waals surface area contributed by atoms with Crippen LogP contribution in [0, 0.1) is 0 Å². The van der Waals surface area contributed by atoms with E-state index in [4.69, 9.17) is 0 Å². The van der Waals surface area contributed by atoms with Gasteiger partial charge in [-0.25, -0.2) is 0 Å². The van der Waals surface area contributed by atoms with Crippen molar-refractivity contribution in [1.82, 2.24) is 5.32 Å². The van der Waals surface area contributed by atoms with Gasteiger partial charge in [0, 0.05) is 13.7 Å². The SMILES string of the molecule is CNC(=O)[P](C)=O. The standard InChI is InChI=1S/C3H7NO2P/c1-4-3(5)7(2)6/h1-2H3,(H,4,5). The first-order chi connectivity index (χ1) is 3.18. The van der Waals surface area contributed by atoms with Crippen LogP contribution in [-0.2, 0) is 4.57 Å². The maximum absolute atomic E-state index is 10.1. The fraction of sp³-hybridized carbons (Fsp3) is 0.667. The van der Waals surface area contributed by atoms with Crippen LogP contribution in [0.1, 0.15) is 0 Å². The molecule has 0 aromatic carbocycles. The third-order valence-corrected chi connectivity index (χ3v) is 1.30. The minimum atomic E-state index is -1.66. The average molecular weight is 120 g/mol. The number of hydrogen-bond acceptors (Lipinski definition) is 2. The number of rotatable bonds is 1. The second-order valence-electron chi connectivity index (χ2n) is 1.05. The fourth-order valence-electron chi connectivity index (χ4n) is 0.157. The van der Waals surface area contributed by atoms with Crippen LogP contribution in [0.3, 0.4) is 0 Å². The molecule has 0 aliphatic heterocycles. The summed E-state index contributed by atoms with van der Waals surface area (Å²) in [7, 11) is -0.204. The Morgan fingerprint density at radius 3 is 2.14 bits per heavy atom. The highest BCUT2D eigenvalue weighted by Crippen LogP contribution is 2.12. The van der Waals surface area contributed by atoms with E-state index >= 15 is 0 Å². The minimum absolute atomic E-state index is 0.394. The molecule has 0 bridgehead atoms. The van der Waals surface area contributed by atoms with Crippen LogP contribution in [0.2, 0.25) is 0 Å². The molecule has 1 amide bonds. The molecule has 0 aliphatic carbocycles. The molecular formula is C3H7NO2P. The molecule has 0 saturated carbocycles. The predicted molar refractivity (Wildman–Crippen MR) is 28.0 cm³/mol. The molecule has 41 valence electrons. The van der Waals surface area contributed by atoms with E-state index in [9.17, 15) is 9.36 Å². The van der Waals surface area contributed by atoms with Gasteiger partial charge < -0.3 is 5.32 Å². The van der Waals surface area contributed by atoms with Crippen LogP contribution in [0.15, 0.2) is 0 Å². The highest BCUT2D eigenvalue weighted by atomic mass is 31.1. The van der Waals surface area contributed by atoms with E-state index in [1.54, 1.807) is 0 Å². The molecule has 1 radical (unpaired) electrons. The molecule has 7 heavy (non-hydrogen) atoms. The molecule has 0 aromatic heterocycles. The van der Waals surface area contributed by atoms with Crippen molar-refractivity contribution >= 4 is 13.4 Å². The van der Waals surface area contributed by atoms with Gasteiger partial charge in [0.05, 0.1) is 0 Å². The summed E-state index contributed by atoms with van der Waals surface area (Å²) in [6.45, 7) is 1.37. The van der Waals surface area contributed by atoms with Crippen LogP contribution in [0.25, 0.3) is 0 Å². The van der Waals surface area contributed by atoms with Crippen molar-refractivity contribution in [2.75, 3.05) is 13.7 Å². The molecule has 1 unspecified atom stereocenters. The Labute approximate surface area is 42.9 Å². The maximum atomic E-state index is 10.1. The van der Waals surface area contributed by atoms with E-state index < -0.39 is 13.4 Å². The number of nitrogens with one attached hydrogen (secondary N) is 1. The third kappa shape index (κ3) is 2.29. The van der Waals surface area contributed by atoms with Gasteiger partial charge in [-0.15, -0.1) is 0 Å². The summed E-state index contributed by atoms with van der Waals surface area (Å²) in [6, 6.07) is 0. The summed E-state index contributed by atoms with van der Waals surface area (Å²) >= 11 is 0. The molecule has 0 aromatic rings. The summed E-state index contributed by atoms with van der Waals surface area (Å²) in [5, 5.41) is 2.24.